The maximum absolute atomic E-state index is 6.13. The largest absolute Gasteiger partial charge is 0.368 e. The lowest BCUT2D eigenvalue weighted by molar-refractivity contribution is -0.254. The predicted octanol–water partition coefficient (Wildman–Crippen LogP) is 4.90. The summed E-state index contributed by atoms with van der Waals surface area (Å²) >= 11 is 0. The Morgan fingerprint density at radius 2 is 0.722 bits per heavy atom. The SMILES string of the molecule is CC1(C)C(C)(C)C(C)(C)C2(CO2)C(C)(C)C1(C)C. The van der Waals surface area contributed by atoms with Crippen molar-refractivity contribution in [2.45, 2.75) is 74.8 Å². The van der Waals surface area contributed by atoms with Gasteiger partial charge in [-0.25, -0.2) is 0 Å². The van der Waals surface area contributed by atoms with Crippen LogP contribution in [0.4, 0.5) is 0 Å². The van der Waals surface area contributed by atoms with Crippen LogP contribution in [0.15, 0.2) is 0 Å². The molecule has 0 atom stereocenters. The third kappa shape index (κ3) is 1.03. The fourth-order valence-electron chi connectivity index (χ4n) is 4.93. The highest BCUT2D eigenvalue weighted by Crippen LogP contribution is 2.79. The Bertz CT molecular complexity index is 281. The molecule has 1 heterocycles. The van der Waals surface area contributed by atoms with Crippen LogP contribution in [0.2, 0.25) is 0 Å². The number of ether oxygens (including phenoxy) is 1. The highest BCUT2D eigenvalue weighted by atomic mass is 16.6. The van der Waals surface area contributed by atoms with E-state index in [1.807, 2.05) is 0 Å². The van der Waals surface area contributed by atoms with Crippen molar-refractivity contribution < 1.29 is 4.74 Å². The molecule has 0 amide bonds. The summed E-state index contributed by atoms with van der Waals surface area (Å²) in [4.78, 5) is 0. The Balaban J connectivity index is 2.74. The van der Waals surface area contributed by atoms with E-state index < -0.39 is 0 Å². The van der Waals surface area contributed by atoms with E-state index in [9.17, 15) is 0 Å². The van der Waals surface area contributed by atoms with Crippen LogP contribution in [-0.2, 0) is 4.74 Å². The summed E-state index contributed by atoms with van der Waals surface area (Å²) in [5, 5.41) is 0. The van der Waals surface area contributed by atoms with Gasteiger partial charge in [0.1, 0.15) is 5.60 Å². The van der Waals surface area contributed by atoms with E-state index in [1.54, 1.807) is 0 Å². The Hall–Kier alpha value is -0.0400. The van der Waals surface area contributed by atoms with Crippen LogP contribution in [0.3, 0.4) is 0 Å². The first kappa shape index (κ1) is 14.4. The lowest BCUT2D eigenvalue weighted by Crippen LogP contribution is -2.71. The van der Waals surface area contributed by atoms with Crippen LogP contribution in [0.1, 0.15) is 69.2 Å². The highest BCUT2D eigenvalue weighted by molar-refractivity contribution is 5.27. The fraction of sp³-hybridized carbons (Fsp3) is 1.00. The van der Waals surface area contributed by atoms with Crippen molar-refractivity contribution in [3.05, 3.63) is 0 Å². The molecule has 0 bridgehead atoms. The molecule has 0 N–H and O–H groups in total. The molecular weight excluding hydrogens is 220 g/mol. The van der Waals surface area contributed by atoms with Crippen molar-refractivity contribution in [1.29, 1.82) is 0 Å². The van der Waals surface area contributed by atoms with Crippen molar-refractivity contribution in [3.63, 3.8) is 0 Å². The molecular formula is C17H32O. The third-order valence-corrected chi connectivity index (χ3v) is 8.70. The van der Waals surface area contributed by atoms with E-state index in [4.69, 9.17) is 4.74 Å². The van der Waals surface area contributed by atoms with Crippen molar-refractivity contribution in [2.75, 3.05) is 6.61 Å². The summed E-state index contributed by atoms with van der Waals surface area (Å²) < 4.78 is 6.13. The van der Waals surface area contributed by atoms with Gasteiger partial charge in [0, 0.05) is 10.8 Å². The number of hydrogen-bond donors (Lipinski definition) is 0. The first-order valence-electron chi connectivity index (χ1n) is 7.35. The zero-order valence-corrected chi connectivity index (χ0v) is 14.1. The maximum atomic E-state index is 6.13. The summed E-state index contributed by atoms with van der Waals surface area (Å²) in [5.74, 6) is 0. The molecule has 106 valence electrons. The average molecular weight is 252 g/mol. The molecule has 0 radical (unpaired) electrons. The van der Waals surface area contributed by atoms with Crippen molar-refractivity contribution in [3.8, 4) is 0 Å². The van der Waals surface area contributed by atoms with Gasteiger partial charge >= 0.3 is 0 Å². The average Bonchev–Trinajstić information content (AvgIpc) is 2.95. The van der Waals surface area contributed by atoms with Gasteiger partial charge in [-0.15, -0.1) is 0 Å². The van der Waals surface area contributed by atoms with Crippen molar-refractivity contribution in [2.24, 2.45) is 27.1 Å². The molecule has 1 aliphatic heterocycles. The fourth-order valence-corrected chi connectivity index (χ4v) is 4.93. The highest BCUT2D eigenvalue weighted by Gasteiger charge is 2.80. The molecule has 1 spiro atoms. The van der Waals surface area contributed by atoms with Gasteiger partial charge in [-0.1, -0.05) is 69.2 Å². The standard InChI is InChI=1S/C17H32O/c1-12(2)13(3,4)15(7,8)17(11-18-17)16(9,10)14(12,5)6/h11H2,1-10H3. The van der Waals surface area contributed by atoms with E-state index in [0.717, 1.165) is 6.61 Å². The third-order valence-electron chi connectivity index (χ3n) is 8.70. The van der Waals surface area contributed by atoms with Crippen LogP contribution >= 0.6 is 0 Å². The van der Waals surface area contributed by atoms with Gasteiger partial charge in [-0.3, -0.25) is 0 Å². The number of epoxide rings is 1. The molecule has 0 unspecified atom stereocenters. The second kappa shape index (κ2) is 3.00. The van der Waals surface area contributed by atoms with Gasteiger partial charge in [-0.2, -0.15) is 0 Å². The topological polar surface area (TPSA) is 12.5 Å². The molecule has 1 aliphatic carbocycles. The Morgan fingerprint density at radius 1 is 0.500 bits per heavy atom. The molecule has 2 fully saturated rings. The Kier molecular flexibility index (Phi) is 2.39. The first-order valence-corrected chi connectivity index (χ1v) is 7.35. The molecule has 2 rings (SSSR count). The zero-order valence-electron chi connectivity index (χ0n) is 14.1. The van der Waals surface area contributed by atoms with Gasteiger partial charge < -0.3 is 4.74 Å². The van der Waals surface area contributed by atoms with E-state index in [2.05, 4.69) is 69.2 Å². The molecule has 0 aromatic heterocycles. The lowest BCUT2D eigenvalue weighted by atomic mass is 9.32. The van der Waals surface area contributed by atoms with Gasteiger partial charge in [0.2, 0.25) is 0 Å². The quantitative estimate of drug-likeness (QED) is 0.559. The molecule has 0 aromatic carbocycles. The van der Waals surface area contributed by atoms with Gasteiger partial charge in [-0.05, 0) is 16.2 Å². The van der Waals surface area contributed by atoms with Crippen LogP contribution in [0.25, 0.3) is 0 Å². The molecule has 1 heteroatoms. The molecule has 1 saturated carbocycles. The second-order valence-electron chi connectivity index (χ2n) is 9.24. The normalized spacial score (nSPS) is 36.3. The van der Waals surface area contributed by atoms with E-state index in [0.29, 0.717) is 0 Å². The monoisotopic (exact) mass is 252 g/mol. The van der Waals surface area contributed by atoms with E-state index in [1.165, 1.54) is 0 Å². The smallest absolute Gasteiger partial charge is 0.103 e. The lowest BCUT2D eigenvalue weighted by Gasteiger charge is -2.72. The van der Waals surface area contributed by atoms with Crippen LogP contribution < -0.4 is 0 Å². The second-order valence-corrected chi connectivity index (χ2v) is 9.24. The molecule has 1 saturated heterocycles. The molecule has 1 nitrogen and oxygen atoms in total. The summed E-state index contributed by atoms with van der Waals surface area (Å²) in [6, 6.07) is 0. The van der Waals surface area contributed by atoms with Crippen LogP contribution in [-0.4, -0.2) is 12.2 Å². The van der Waals surface area contributed by atoms with Crippen LogP contribution in [0.5, 0.6) is 0 Å². The van der Waals surface area contributed by atoms with E-state index in [-0.39, 0.29) is 32.7 Å². The predicted molar refractivity (Wildman–Crippen MR) is 77.6 cm³/mol. The zero-order chi connectivity index (χ0) is 14.4. The Morgan fingerprint density at radius 3 is 0.944 bits per heavy atom. The minimum Gasteiger partial charge on any atom is -0.368 e. The summed E-state index contributed by atoms with van der Waals surface area (Å²) in [6.07, 6.45) is 0. The first-order chi connectivity index (χ1) is 7.71. The van der Waals surface area contributed by atoms with Crippen molar-refractivity contribution in [1.82, 2.24) is 0 Å². The van der Waals surface area contributed by atoms with Crippen molar-refractivity contribution >= 4 is 0 Å². The number of rotatable bonds is 0. The molecule has 2 aliphatic rings. The van der Waals surface area contributed by atoms with Gasteiger partial charge in [0.25, 0.3) is 0 Å². The van der Waals surface area contributed by atoms with Gasteiger partial charge in [0.05, 0.1) is 6.61 Å². The minimum absolute atomic E-state index is 0.0442. The summed E-state index contributed by atoms with van der Waals surface area (Å²) in [5.41, 5.74) is 1.13. The van der Waals surface area contributed by atoms with Gasteiger partial charge in [0.15, 0.2) is 0 Å². The maximum Gasteiger partial charge on any atom is 0.103 e. The summed E-state index contributed by atoms with van der Waals surface area (Å²) in [6.45, 7) is 25.2. The van der Waals surface area contributed by atoms with Crippen LogP contribution in [0, 0.1) is 27.1 Å². The minimum atomic E-state index is 0.0442. The Labute approximate surface area is 114 Å². The molecule has 0 aromatic rings. The summed E-state index contributed by atoms with van der Waals surface area (Å²) in [7, 11) is 0. The molecule has 18 heavy (non-hydrogen) atoms. The van der Waals surface area contributed by atoms with E-state index >= 15 is 0 Å². The number of hydrogen-bond acceptors (Lipinski definition) is 1.